The first-order valence-corrected chi connectivity index (χ1v) is 12.5. The lowest BCUT2D eigenvalue weighted by atomic mass is 10.1. The van der Waals surface area contributed by atoms with Gasteiger partial charge in [-0.15, -0.1) is 11.3 Å². The molecule has 0 unspecified atom stereocenters. The van der Waals surface area contributed by atoms with Crippen molar-refractivity contribution in [3.05, 3.63) is 51.2 Å². The summed E-state index contributed by atoms with van der Waals surface area (Å²) < 4.78 is 5.40. The second-order valence-corrected chi connectivity index (χ2v) is 10.3. The van der Waals surface area contributed by atoms with E-state index in [1.807, 2.05) is 11.3 Å². The molecule has 5 nitrogen and oxygen atoms in total. The summed E-state index contributed by atoms with van der Waals surface area (Å²) in [5.41, 5.74) is 2.50. The Morgan fingerprint density at radius 1 is 0.968 bits per heavy atom. The zero-order chi connectivity index (χ0) is 21.6. The Hall–Kier alpha value is -1.44. The van der Waals surface area contributed by atoms with Crippen molar-refractivity contribution in [2.45, 2.75) is 51.9 Å². The minimum atomic E-state index is 0.246. The Morgan fingerprint density at radius 3 is 2.39 bits per heavy atom. The van der Waals surface area contributed by atoms with Gasteiger partial charge in [-0.25, -0.2) is 0 Å². The summed E-state index contributed by atoms with van der Waals surface area (Å²) in [4.78, 5) is 10.7. The lowest BCUT2D eigenvalue weighted by Gasteiger charge is -2.41. The zero-order valence-corrected chi connectivity index (χ0v) is 19.9. The Bertz CT molecular complexity index is 834. The van der Waals surface area contributed by atoms with E-state index in [9.17, 15) is 5.11 Å². The molecule has 0 amide bonds. The number of aliphatic hydroxyl groups is 1. The van der Waals surface area contributed by atoms with Crippen molar-refractivity contribution >= 4 is 11.3 Å². The summed E-state index contributed by atoms with van der Waals surface area (Å²) in [6.07, 6.45) is 3.53. The quantitative estimate of drug-likeness (QED) is 0.639. The molecule has 0 saturated carbocycles. The fraction of sp³-hybridized carbons (Fsp3) is 0.600. The van der Waals surface area contributed by atoms with Crippen molar-refractivity contribution in [3.8, 4) is 5.75 Å². The predicted octanol–water partition coefficient (Wildman–Crippen LogP) is 3.73. The van der Waals surface area contributed by atoms with Crippen LogP contribution in [0, 0.1) is 6.92 Å². The number of piperazine rings is 1. The standard InChI is InChI=1S/C25H37N3O2S/c1-20-15-21(5-8-25(20)30-2)16-28-13-12-27(17-22(28)9-14-29)19-24-7-6-23(31-24)18-26-10-3-4-11-26/h5-8,15,22,29H,3-4,9-14,16-19H2,1-2H3/t22-/m1/s1. The average molecular weight is 444 g/mol. The van der Waals surface area contributed by atoms with Gasteiger partial charge in [0.1, 0.15) is 5.75 Å². The first kappa shape index (κ1) is 22.7. The molecule has 6 heteroatoms. The van der Waals surface area contributed by atoms with E-state index in [1.165, 1.54) is 46.8 Å². The van der Waals surface area contributed by atoms with Crippen LogP contribution in [0.2, 0.25) is 0 Å². The second kappa shape index (κ2) is 10.9. The Labute approximate surface area is 191 Å². The molecule has 1 N–H and O–H groups in total. The average Bonchev–Trinajstić information content (AvgIpc) is 3.43. The molecule has 2 saturated heterocycles. The largest absolute Gasteiger partial charge is 0.496 e. The molecular formula is C25H37N3O2S. The number of thiophene rings is 1. The van der Waals surface area contributed by atoms with Crippen molar-refractivity contribution < 1.29 is 9.84 Å². The third kappa shape index (κ3) is 6.08. The molecule has 170 valence electrons. The fourth-order valence-electron chi connectivity index (χ4n) is 4.98. The highest BCUT2D eigenvalue weighted by atomic mass is 32.1. The van der Waals surface area contributed by atoms with Crippen LogP contribution in [-0.2, 0) is 19.6 Å². The molecule has 2 aliphatic heterocycles. The molecule has 1 atom stereocenters. The third-order valence-corrected chi connectivity index (χ3v) is 7.73. The van der Waals surface area contributed by atoms with Crippen LogP contribution in [0.3, 0.4) is 0 Å². The highest BCUT2D eigenvalue weighted by Crippen LogP contribution is 2.25. The van der Waals surface area contributed by atoms with Crippen LogP contribution in [-0.4, -0.2) is 72.3 Å². The molecule has 0 aliphatic carbocycles. The van der Waals surface area contributed by atoms with Crippen molar-refractivity contribution in [3.63, 3.8) is 0 Å². The lowest BCUT2D eigenvalue weighted by Crippen LogP contribution is -2.52. The van der Waals surface area contributed by atoms with Crippen LogP contribution in [0.25, 0.3) is 0 Å². The SMILES string of the molecule is COc1ccc(CN2CCN(Cc3ccc(CN4CCCC4)s3)C[C@H]2CCO)cc1C. The number of benzene rings is 1. The van der Waals surface area contributed by atoms with Gasteiger partial charge in [-0.2, -0.15) is 0 Å². The molecule has 1 aromatic carbocycles. The second-order valence-electron chi connectivity index (χ2n) is 9.03. The van der Waals surface area contributed by atoms with Crippen LogP contribution in [0.1, 0.15) is 40.1 Å². The molecule has 0 bridgehead atoms. The summed E-state index contributed by atoms with van der Waals surface area (Å²) in [6.45, 7) is 11.1. The van der Waals surface area contributed by atoms with Crippen LogP contribution in [0.4, 0.5) is 0 Å². The highest BCUT2D eigenvalue weighted by molar-refractivity contribution is 7.11. The number of rotatable bonds is 9. The number of aliphatic hydroxyl groups excluding tert-OH is 1. The van der Waals surface area contributed by atoms with Gasteiger partial charge in [0, 0.05) is 61.7 Å². The van der Waals surface area contributed by atoms with Gasteiger partial charge < -0.3 is 9.84 Å². The summed E-state index contributed by atoms with van der Waals surface area (Å²) in [7, 11) is 1.72. The maximum Gasteiger partial charge on any atom is 0.121 e. The van der Waals surface area contributed by atoms with E-state index in [-0.39, 0.29) is 6.61 Å². The number of aryl methyl sites for hydroxylation is 1. The van der Waals surface area contributed by atoms with Gasteiger partial charge >= 0.3 is 0 Å². The van der Waals surface area contributed by atoms with Crippen LogP contribution in [0.5, 0.6) is 5.75 Å². The van der Waals surface area contributed by atoms with Crippen molar-refractivity contribution in [2.75, 3.05) is 46.4 Å². The molecule has 2 aliphatic rings. The number of hydrogen-bond acceptors (Lipinski definition) is 6. The third-order valence-electron chi connectivity index (χ3n) is 6.67. The monoisotopic (exact) mass is 443 g/mol. The molecule has 0 radical (unpaired) electrons. The van der Waals surface area contributed by atoms with Crippen molar-refractivity contribution in [1.82, 2.24) is 14.7 Å². The Kier molecular flexibility index (Phi) is 8.02. The van der Waals surface area contributed by atoms with E-state index in [2.05, 4.69) is 52.0 Å². The van der Waals surface area contributed by atoms with E-state index in [4.69, 9.17) is 4.74 Å². The number of likely N-dealkylation sites (tertiary alicyclic amines) is 1. The molecule has 2 aromatic rings. The minimum absolute atomic E-state index is 0.246. The van der Waals surface area contributed by atoms with E-state index >= 15 is 0 Å². The van der Waals surface area contributed by atoms with Crippen LogP contribution >= 0.6 is 11.3 Å². The van der Waals surface area contributed by atoms with E-state index in [0.29, 0.717) is 6.04 Å². The van der Waals surface area contributed by atoms with Gasteiger partial charge in [0.15, 0.2) is 0 Å². The van der Waals surface area contributed by atoms with E-state index in [1.54, 1.807) is 7.11 Å². The summed E-state index contributed by atoms with van der Waals surface area (Å²) in [5, 5.41) is 9.67. The van der Waals surface area contributed by atoms with Gasteiger partial charge in [-0.05, 0) is 68.6 Å². The normalized spacial score (nSPS) is 21.1. The maximum atomic E-state index is 9.67. The number of nitrogens with zero attached hydrogens (tertiary/aromatic N) is 3. The lowest BCUT2D eigenvalue weighted by molar-refractivity contribution is 0.0504. The smallest absolute Gasteiger partial charge is 0.121 e. The summed E-state index contributed by atoms with van der Waals surface area (Å²) in [5.74, 6) is 0.945. The van der Waals surface area contributed by atoms with Crippen LogP contribution < -0.4 is 4.74 Å². The Balaban J connectivity index is 1.33. The summed E-state index contributed by atoms with van der Waals surface area (Å²) >= 11 is 1.98. The van der Waals surface area contributed by atoms with Gasteiger partial charge in [-0.1, -0.05) is 12.1 Å². The molecule has 1 aromatic heterocycles. The molecule has 31 heavy (non-hydrogen) atoms. The van der Waals surface area contributed by atoms with Gasteiger partial charge in [0.25, 0.3) is 0 Å². The van der Waals surface area contributed by atoms with E-state index in [0.717, 1.165) is 51.4 Å². The summed E-state index contributed by atoms with van der Waals surface area (Å²) in [6, 6.07) is 11.5. The van der Waals surface area contributed by atoms with Crippen molar-refractivity contribution in [1.29, 1.82) is 0 Å². The first-order chi connectivity index (χ1) is 15.1. The molecule has 4 rings (SSSR count). The minimum Gasteiger partial charge on any atom is -0.496 e. The highest BCUT2D eigenvalue weighted by Gasteiger charge is 2.27. The molecule has 0 spiro atoms. The van der Waals surface area contributed by atoms with Crippen LogP contribution in [0.15, 0.2) is 30.3 Å². The number of methoxy groups -OCH3 is 1. The first-order valence-electron chi connectivity index (χ1n) is 11.7. The van der Waals surface area contributed by atoms with Gasteiger partial charge in [0.2, 0.25) is 0 Å². The zero-order valence-electron chi connectivity index (χ0n) is 19.1. The topological polar surface area (TPSA) is 39.2 Å². The molecular weight excluding hydrogens is 406 g/mol. The van der Waals surface area contributed by atoms with Crippen molar-refractivity contribution in [2.24, 2.45) is 0 Å². The Morgan fingerprint density at radius 2 is 1.71 bits per heavy atom. The predicted molar refractivity (Wildman–Crippen MR) is 128 cm³/mol. The van der Waals surface area contributed by atoms with Gasteiger partial charge in [0.05, 0.1) is 7.11 Å². The van der Waals surface area contributed by atoms with E-state index < -0.39 is 0 Å². The van der Waals surface area contributed by atoms with Gasteiger partial charge in [-0.3, -0.25) is 14.7 Å². The fourth-order valence-corrected chi connectivity index (χ4v) is 6.08. The molecule has 2 fully saturated rings. The molecule has 3 heterocycles. The number of hydrogen-bond donors (Lipinski definition) is 1. The number of ether oxygens (including phenoxy) is 1. The maximum absolute atomic E-state index is 9.67.